The third-order valence-corrected chi connectivity index (χ3v) is 5.04. The van der Waals surface area contributed by atoms with Crippen LogP contribution in [0, 0.1) is 0 Å². The summed E-state index contributed by atoms with van der Waals surface area (Å²) in [5.74, 6) is 0.398. The Balaban J connectivity index is 1.50. The lowest BCUT2D eigenvalue weighted by Crippen LogP contribution is -2.26. The van der Waals surface area contributed by atoms with E-state index in [0.717, 1.165) is 42.4 Å². The topological polar surface area (TPSA) is 37.8 Å². The number of nitrogens with zero attached hydrogens (tertiary/aromatic N) is 4. The van der Waals surface area contributed by atoms with E-state index in [9.17, 15) is 5.11 Å². The zero-order valence-electron chi connectivity index (χ0n) is 15.9. The Bertz CT molecular complexity index is 1080. The van der Waals surface area contributed by atoms with Gasteiger partial charge < -0.3 is 9.67 Å². The van der Waals surface area contributed by atoms with Crippen molar-refractivity contribution in [3.63, 3.8) is 0 Å². The number of phenolic OH excluding ortho intramolecular Hbond substituents is 1. The van der Waals surface area contributed by atoms with Crippen LogP contribution in [0.15, 0.2) is 67.6 Å². The van der Waals surface area contributed by atoms with Gasteiger partial charge in [0.2, 0.25) is 6.33 Å². The highest BCUT2D eigenvalue weighted by atomic mass is 16.3. The Morgan fingerprint density at radius 1 is 0.963 bits per heavy atom. The molecular formula is C22H26N4O+2. The summed E-state index contributed by atoms with van der Waals surface area (Å²) in [6, 6.07) is 10.3. The molecule has 1 N–H and O–H groups in total. The van der Waals surface area contributed by atoms with Crippen molar-refractivity contribution in [3.8, 4) is 5.75 Å². The van der Waals surface area contributed by atoms with E-state index in [0.29, 0.717) is 5.75 Å². The van der Waals surface area contributed by atoms with Crippen molar-refractivity contribution >= 4 is 10.9 Å². The van der Waals surface area contributed by atoms with Crippen LogP contribution in [0.2, 0.25) is 0 Å². The Kier molecular flexibility index (Phi) is 4.67. The second-order valence-corrected chi connectivity index (χ2v) is 7.24. The van der Waals surface area contributed by atoms with Crippen LogP contribution in [0.1, 0.15) is 17.5 Å². The maximum atomic E-state index is 10.8. The summed E-state index contributed by atoms with van der Waals surface area (Å²) >= 11 is 0. The minimum Gasteiger partial charge on any atom is -0.507 e. The molecule has 4 rings (SSSR count). The predicted molar refractivity (Wildman–Crippen MR) is 104 cm³/mol. The summed E-state index contributed by atoms with van der Waals surface area (Å²) < 4.78 is 8.51. The number of hydrogen-bond acceptors (Lipinski definition) is 1. The first-order valence-corrected chi connectivity index (χ1v) is 9.35. The second kappa shape index (κ2) is 7.27. The largest absolute Gasteiger partial charge is 0.507 e. The molecule has 1 aromatic carbocycles. The second-order valence-electron chi connectivity index (χ2n) is 7.24. The number of fused-ring (bicyclic) bond motifs is 1. The smallest absolute Gasteiger partial charge is 0.243 e. The van der Waals surface area contributed by atoms with E-state index in [1.807, 2.05) is 43.1 Å². The molecule has 0 fully saturated rings. The zero-order chi connectivity index (χ0) is 18.8. The Hall–Kier alpha value is -3.08. The maximum Gasteiger partial charge on any atom is 0.243 e. The molecule has 0 aliphatic heterocycles. The van der Waals surface area contributed by atoms with E-state index in [4.69, 9.17) is 0 Å². The van der Waals surface area contributed by atoms with Crippen LogP contribution in [-0.4, -0.2) is 14.2 Å². The van der Waals surface area contributed by atoms with Gasteiger partial charge in [0.15, 0.2) is 12.4 Å². The Labute approximate surface area is 159 Å². The summed E-state index contributed by atoms with van der Waals surface area (Å²) in [7, 11) is 4.05. The van der Waals surface area contributed by atoms with Crippen LogP contribution in [-0.2, 0) is 33.6 Å². The van der Waals surface area contributed by atoms with E-state index in [2.05, 4.69) is 56.9 Å². The number of aryl methyl sites for hydroxylation is 4. The van der Waals surface area contributed by atoms with Gasteiger partial charge >= 0.3 is 0 Å². The van der Waals surface area contributed by atoms with Gasteiger partial charge in [-0.05, 0) is 23.8 Å². The summed E-state index contributed by atoms with van der Waals surface area (Å²) in [6.07, 6.45) is 14.2. The Morgan fingerprint density at radius 2 is 1.85 bits per heavy atom. The molecule has 0 bridgehead atoms. The molecule has 3 heterocycles. The first-order valence-electron chi connectivity index (χ1n) is 9.35. The first-order chi connectivity index (χ1) is 13.1. The lowest BCUT2D eigenvalue weighted by atomic mass is 10.0. The third-order valence-electron chi connectivity index (χ3n) is 5.04. The highest BCUT2D eigenvalue weighted by Crippen LogP contribution is 2.31. The molecule has 3 aromatic heterocycles. The minimum atomic E-state index is 0.398. The van der Waals surface area contributed by atoms with E-state index < -0.39 is 0 Å². The highest BCUT2D eigenvalue weighted by molar-refractivity contribution is 5.87. The minimum absolute atomic E-state index is 0.398. The molecule has 5 heteroatoms. The van der Waals surface area contributed by atoms with Crippen LogP contribution >= 0.6 is 0 Å². The SMILES string of the molecule is C[n+]1cccc(Cc2ccc3c(ccn3CCCn3cc[n+](C)c3)c2O)c1. The van der Waals surface area contributed by atoms with E-state index >= 15 is 0 Å². The van der Waals surface area contributed by atoms with Crippen LogP contribution in [0.5, 0.6) is 5.75 Å². The molecule has 0 saturated carbocycles. The van der Waals surface area contributed by atoms with Gasteiger partial charge in [0.05, 0.1) is 19.1 Å². The maximum absolute atomic E-state index is 10.8. The number of rotatable bonds is 6. The summed E-state index contributed by atoms with van der Waals surface area (Å²) in [4.78, 5) is 0. The molecule has 0 spiro atoms. The molecule has 138 valence electrons. The van der Waals surface area contributed by atoms with E-state index in [-0.39, 0.29) is 0 Å². The molecule has 0 amide bonds. The van der Waals surface area contributed by atoms with Gasteiger partial charge in [0.25, 0.3) is 0 Å². The van der Waals surface area contributed by atoms with Crippen LogP contribution in [0.25, 0.3) is 10.9 Å². The van der Waals surface area contributed by atoms with E-state index in [1.165, 1.54) is 5.56 Å². The van der Waals surface area contributed by atoms with Crippen molar-refractivity contribution in [2.24, 2.45) is 14.1 Å². The third kappa shape index (κ3) is 3.72. The summed E-state index contributed by atoms with van der Waals surface area (Å²) in [6.45, 7) is 1.91. The molecule has 0 radical (unpaired) electrons. The number of benzene rings is 1. The lowest BCUT2D eigenvalue weighted by molar-refractivity contribution is -0.671. The van der Waals surface area contributed by atoms with Crippen molar-refractivity contribution in [2.75, 3.05) is 0 Å². The molecule has 0 unspecified atom stereocenters. The molecule has 4 aromatic rings. The monoisotopic (exact) mass is 362 g/mol. The number of aromatic nitrogens is 4. The molecule has 0 aliphatic rings. The van der Waals surface area contributed by atoms with Crippen molar-refractivity contribution < 1.29 is 14.2 Å². The number of hydrogen-bond donors (Lipinski definition) is 1. The summed E-state index contributed by atoms with van der Waals surface area (Å²) in [5.41, 5.74) is 3.24. The fraction of sp³-hybridized carbons (Fsp3) is 0.273. The zero-order valence-corrected chi connectivity index (χ0v) is 15.9. The van der Waals surface area contributed by atoms with Crippen LogP contribution in [0.3, 0.4) is 0 Å². The van der Waals surface area contributed by atoms with Gasteiger partial charge in [-0.15, -0.1) is 0 Å². The highest BCUT2D eigenvalue weighted by Gasteiger charge is 2.12. The predicted octanol–water partition coefficient (Wildman–Crippen LogP) is 2.48. The quantitative estimate of drug-likeness (QED) is 0.526. The number of aromatic hydroxyl groups is 1. The van der Waals surface area contributed by atoms with Gasteiger partial charge in [-0.3, -0.25) is 0 Å². The lowest BCUT2D eigenvalue weighted by Gasteiger charge is -2.08. The molecule has 0 atom stereocenters. The molecule has 5 nitrogen and oxygen atoms in total. The normalized spacial score (nSPS) is 11.3. The van der Waals surface area contributed by atoms with Crippen LogP contribution < -0.4 is 9.13 Å². The Morgan fingerprint density at radius 3 is 2.63 bits per heavy atom. The van der Waals surface area contributed by atoms with Crippen molar-refractivity contribution in [1.29, 1.82) is 0 Å². The van der Waals surface area contributed by atoms with Crippen molar-refractivity contribution in [3.05, 3.63) is 78.8 Å². The molecule has 0 aliphatic carbocycles. The fourth-order valence-corrected chi connectivity index (χ4v) is 3.67. The molecule has 0 saturated heterocycles. The van der Waals surface area contributed by atoms with Gasteiger partial charge in [-0.2, -0.15) is 0 Å². The van der Waals surface area contributed by atoms with Crippen LogP contribution in [0.4, 0.5) is 0 Å². The number of phenols is 1. The van der Waals surface area contributed by atoms with Gasteiger partial charge in [0, 0.05) is 42.6 Å². The molecular weight excluding hydrogens is 336 g/mol. The molecule has 27 heavy (non-hydrogen) atoms. The van der Waals surface area contributed by atoms with E-state index in [1.54, 1.807) is 0 Å². The van der Waals surface area contributed by atoms with Gasteiger partial charge in [-0.1, -0.05) is 6.07 Å². The average molecular weight is 362 g/mol. The average Bonchev–Trinajstić information content (AvgIpc) is 3.24. The standard InChI is InChI=1S/C22H25N4O/c1-23-9-3-5-18(16-23)15-19-6-7-21-20(22(19)27)8-12-26(21)11-4-10-25-14-13-24(2)17-25/h3,5-9,12-14,16-17H,4,10-11,15H2,1-2H3/q+1/p+1. The fourth-order valence-electron chi connectivity index (χ4n) is 3.67. The number of imidazole rings is 1. The van der Waals surface area contributed by atoms with Crippen molar-refractivity contribution in [1.82, 2.24) is 9.13 Å². The van der Waals surface area contributed by atoms with Gasteiger partial charge in [-0.25, -0.2) is 13.7 Å². The number of pyridine rings is 1. The summed E-state index contributed by atoms with van der Waals surface area (Å²) in [5, 5.41) is 11.7. The first kappa shape index (κ1) is 17.3. The van der Waals surface area contributed by atoms with Crippen molar-refractivity contribution in [2.45, 2.75) is 25.9 Å². The van der Waals surface area contributed by atoms with Gasteiger partial charge in [0.1, 0.15) is 25.2 Å².